The number of carbonyl (C=O) groups excluding carboxylic acids is 1. The zero-order valence-corrected chi connectivity index (χ0v) is 10.7. The van der Waals surface area contributed by atoms with E-state index in [1.165, 1.54) is 0 Å². The molecular weight excluding hydrogens is 204 g/mol. The molecule has 94 valence electrons. The molecule has 0 aliphatic carbocycles. The molecule has 0 aromatic carbocycles. The Morgan fingerprint density at radius 1 is 1.38 bits per heavy atom. The van der Waals surface area contributed by atoms with Gasteiger partial charge in [0.15, 0.2) is 0 Å². The molecule has 0 unspecified atom stereocenters. The molecule has 1 heterocycles. The third-order valence-corrected chi connectivity index (χ3v) is 2.96. The van der Waals surface area contributed by atoms with Crippen molar-refractivity contribution in [2.45, 2.75) is 26.8 Å². The maximum atomic E-state index is 11.1. The highest BCUT2D eigenvalue weighted by Crippen LogP contribution is 2.01. The molecule has 1 aliphatic rings. The highest BCUT2D eigenvalue weighted by Gasteiger charge is 2.15. The van der Waals surface area contributed by atoms with Crippen molar-refractivity contribution in [2.24, 2.45) is 0 Å². The summed E-state index contributed by atoms with van der Waals surface area (Å²) in [5.74, 6) is 0.246. The molecule has 4 nitrogen and oxygen atoms in total. The first-order chi connectivity index (χ1) is 7.59. The van der Waals surface area contributed by atoms with Gasteiger partial charge >= 0.3 is 0 Å². The fourth-order valence-electron chi connectivity index (χ4n) is 1.90. The van der Waals surface area contributed by atoms with Gasteiger partial charge in [0.2, 0.25) is 0 Å². The Hall–Kier alpha value is -0.450. The SMILES string of the molecule is CC(=O)CN(CCN1CCOCC1)C(C)C. The topological polar surface area (TPSA) is 32.8 Å². The Bertz CT molecular complexity index is 213. The minimum Gasteiger partial charge on any atom is -0.379 e. The van der Waals surface area contributed by atoms with Gasteiger partial charge in [0.05, 0.1) is 19.8 Å². The average Bonchev–Trinajstić information content (AvgIpc) is 2.25. The average molecular weight is 228 g/mol. The lowest BCUT2D eigenvalue weighted by Gasteiger charge is -2.31. The summed E-state index contributed by atoms with van der Waals surface area (Å²) in [6.45, 7) is 12.2. The lowest BCUT2D eigenvalue weighted by molar-refractivity contribution is -0.118. The van der Waals surface area contributed by atoms with Gasteiger partial charge in [-0.25, -0.2) is 0 Å². The normalized spacial score (nSPS) is 18.3. The molecule has 0 radical (unpaired) electrons. The predicted molar refractivity (Wildman–Crippen MR) is 64.6 cm³/mol. The first-order valence-electron chi connectivity index (χ1n) is 6.13. The van der Waals surface area contributed by atoms with E-state index in [2.05, 4.69) is 23.6 Å². The number of nitrogens with zero attached hydrogens (tertiary/aromatic N) is 2. The zero-order valence-electron chi connectivity index (χ0n) is 10.7. The molecule has 0 spiro atoms. The molecule has 16 heavy (non-hydrogen) atoms. The van der Waals surface area contributed by atoms with Crippen molar-refractivity contribution < 1.29 is 9.53 Å². The third kappa shape index (κ3) is 5.05. The maximum Gasteiger partial charge on any atom is 0.143 e. The molecule has 0 atom stereocenters. The fourth-order valence-corrected chi connectivity index (χ4v) is 1.90. The van der Waals surface area contributed by atoms with Gasteiger partial charge < -0.3 is 4.74 Å². The van der Waals surface area contributed by atoms with Crippen molar-refractivity contribution in [3.8, 4) is 0 Å². The van der Waals surface area contributed by atoms with E-state index in [0.717, 1.165) is 39.4 Å². The summed E-state index contributed by atoms with van der Waals surface area (Å²) in [4.78, 5) is 15.8. The zero-order chi connectivity index (χ0) is 12.0. The van der Waals surface area contributed by atoms with Crippen LogP contribution in [0.2, 0.25) is 0 Å². The van der Waals surface area contributed by atoms with E-state index in [9.17, 15) is 4.79 Å². The van der Waals surface area contributed by atoms with E-state index >= 15 is 0 Å². The van der Waals surface area contributed by atoms with Crippen molar-refractivity contribution in [2.75, 3.05) is 45.9 Å². The van der Waals surface area contributed by atoms with Gasteiger partial charge in [0.25, 0.3) is 0 Å². The molecule has 0 aromatic rings. The highest BCUT2D eigenvalue weighted by atomic mass is 16.5. The van der Waals surface area contributed by atoms with E-state index in [-0.39, 0.29) is 5.78 Å². The fraction of sp³-hybridized carbons (Fsp3) is 0.917. The van der Waals surface area contributed by atoms with E-state index in [0.29, 0.717) is 12.6 Å². The summed E-state index contributed by atoms with van der Waals surface area (Å²) in [5.41, 5.74) is 0. The van der Waals surface area contributed by atoms with E-state index < -0.39 is 0 Å². The first kappa shape index (κ1) is 13.6. The molecule has 4 heteroatoms. The second kappa shape index (κ2) is 6.99. The number of ether oxygens (including phenoxy) is 1. The number of rotatable bonds is 6. The smallest absolute Gasteiger partial charge is 0.143 e. The molecule has 1 fully saturated rings. The highest BCUT2D eigenvalue weighted by molar-refractivity contribution is 5.77. The Morgan fingerprint density at radius 3 is 2.50 bits per heavy atom. The van der Waals surface area contributed by atoms with Gasteiger partial charge in [-0.1, -0.05) is 0 Å². The number of carbonyl (C=O) groups is 1. The number of hydrogen-bond acceptors (Lipinski definition) is 4. The summed E-state index contributed by atoms with van der Waals surface area (Å²) < 4.78 is 5.31. The van der Waals surface area contributed by atoms with Crippen LogP contribution >= 0.6 is 0 Å². The number of Topliss-reactive ketones (excluding diaryl/α,β-unsaturated/α-hetero) is 1. The Balaban J connectivity index is 2.28. The molecule has 0 aromatic heterocycles. The second-order valence-electron chi connectivity index (χ2n) is 4.72. The summed E-state index contributed by atoms with van der Waals surface area (Å²) in [6, 6.07) is 0.435. The molecule has 1 aliphatic heterocycles. The van der Waals surface area contributed by atoms with Crippen LogP contribution in [0.25, 0.3) is 0 Å². The lowest BCUT2D eigenvalue weighted by atomic mass is 10.2. The molecule has 1 rings (SSSR count). The largest absolute Gasteiger partial charge is 0.379 e. The van der Waals surface area contributed by atoms with Crippen LogP contribution in [0.15, 0.2) is 0 Å². The summed E-state index contributed by atoms with van der Waals surface area (Å²) >= 11 is 0. The standard InChI is InChI=1S/C12H24N2O2/c1-11(2)14(10-12(3)15)5-4-13-6-8-16-9-7-13/h11H,4-10H2,1-3H3. The third-order valence-electron chi connectivity index (χ3n) is 2.96. The Kier molecular flexibility index (Phi) is 5.95. The maximum absolute atomic E-state index is 11.1. The number of morpholine rings is 1. The van der Waals surface area contributed by atoms with Crippen LogP contribution in [-0.4, -0.2) is 67.6 Å². The predicted octanol–water partition coefficient (Wildman–Crippen LogP) is 0.618. The first-order valence-corrected chi connectivity index (χ1v) is 6.13. The van der Waals surface area contributed by atoms with Gasteiger partial charge in [-0.2, -0.15) is 0 Å². The minimum absolute atomic E-state index is 0.246. The summed E-state index contributed by atoms with van der Waals surface area (Å²) in [5, 5.41) is 0. The minimum atomic E-state index is 0.246. The molecule has 0 saturated carbocycles. The van der Waals surface area contributed by atoms with Crippen LogP contribution in [-0.2, 0) is 9.53 Å². The van der Waals surface area contributed by atoms with E-state index in [4.69, 9.17) is 4.74 Å². The van der Waals surface area contributed by atoms with Gasteiger partial charge in [0, 0.05) is 32.2 Å². The summed E-state index contributed by atoms with van der Waals surface area (Å²) in [7, 11) is 0. The molecule has 0 bridgehead atoms. The number of hydrogen-bond donors (Lipinski definition) is 0. The van der Waals surface area contributed by atoms with Crippen molar-refractivity contribution in [1.29, 1.82) is 0 Å². The van der Waals surface area contributed by atoms with Gasteiger partial charge in [-0.3, -0.25) is 14.6 Å². The van der Waals surface area contributed by atoms with Crippen LogP contribution in [0.3, 0.4) is 0 Å². The number of ketones is 1. The second-order valence-corrected chi connectivity index (χ2v) is 4.72. The molecular formula is C12H24N2O2. The summed E-state index contributed by atoms with van der Waals surface area (Å²) in [6.07, 6.45) is 0. The molecule has 0 N–H and O–H groups in total. The van der Waals surface area contributed by atoms with Crippen LogP contribution in [0, 0.1) is 0 Å². The van der Waals surface area contributed by atoms with E-state index in [1.54, 1.807) is 6.92 Å². The van der Waals surface area contributed by atoms with Crippen molar-refractivity contribution in [3.05, 3.63) is 0 Å². The quantitative estimate of drug-likeness (QED) is 0.667. The Labute approximate surface area is 98.5 Å². The Morgan fingerprint density at radius 2 is 2.00 bits per heavy atom. The molecule has 0 amide bonds. The van der Waals surface area contributed by atoms with Gasteiger partial charge in [-0.15, -0.1) is 0 Å². The van der Waals surface area contributed by atoms with Crippen LogP contribution in [0.1, 0.15) is 20.8 Å². The van der Waals surface area contributed by atoms with Crippen LogP contribution < -0.4 is 0 Å². The van der Waals surface area contributed by atoms with Crippen molar-refractivity contribution >= 4 is 5.78 Å². The van der Waals surface area contributed by atoms with Gasteiger partial charge in [0.1, 0.15) is 5.78 Å². The lowest BCUT2D eigenvalue weighted by Crippen LogP contribution is -2.44. The monoisotopic (exact) mass is 228 g/mol. The molecule has 1 saturated heterocycles. The van der Waals surface area contributed by atoms with Crippen LogP contribution in [0.4, 0.5) is 0 Å². The van der Waals surface area contributed by atoms with Crippen LogP contribution in [0.5, 0.6) is 0 Å². The van der Waals surface area contributed by atoms with Crippen molar-refractivity contribution in [1.82, 2.24) is 9.80 Å². The van der Waals surface area contributed by atoms with Gasteiger partial charge in [-0.05, 0) is 20.8 Å². The van der Waals surface area contributed by atoms with Crippen molar-refractivity contribution in [3.63, 3.8) is 0 Å². The van der Waals surface area contributed by atoms with E-state index in [1.807, 2.05) is 0 Å².